The Balaban J connectivity index is 3.61. The Labute approximate surface area is 160 Å². The average molecular weight is 354 g/mol. The summed E-state index contributed by atoms with van der Waals surface area (Å²) in [4.78, 5) is 0. The first-order valence-electron chi connectivity index (χ1n) is 11.8. The number of rotatable bonds is 19. The van der Waals surface area contributed by atoms with Crippen LogP contribution >= 0.6 is 0 Å². The molecule has 2 N–H and O–H groups in total. The molecule has 1 heteroatoms. The summed E-state index contributed by atoms with van der Waals surface area (Å²) in [6.45, 7) is 10.2. The average Bonchev–Trinajstić information content (AvgIpc) is 2.59. The van der Waals surface area contributed by atoms with Crippen molar-refractivity contribution in [2.24, 2.45) is 23.5 Å². The molecule has 0 spiro atoms. The van der Waals surface area contributed by atoms with Crippen LogP contribution in [-0.2, 0) is 0 Å². The Morgan fingerprint density at radius 2 is 1.04 bits per heavy atom. The van der Waals surface area contributed by atoms with E-state index in [1.54, 1.807) is 0 Å². The van der Waals surface area contributed by atoms with Crippen molar-refractivity contribution in [3.63, 3.8) is 0 Å². The molecule has 0 radical (unpaired) electrons. The van der Waals surface area contributed by atoms with Gasteiger partial charge < -0.3 is 5.73 Å². The van der Waals surface area contributed by atoms with Gasteiger partial charge in [-0.1, -0.05) is 124 Å². The second kappa shape index (κ2) is 18.7. The van der Waals surface area contributed by atoms with Crippen LogP contribution in [0, 0.1) is 17.8 Å². The lowest BCUT2D eigenvalue weighted by molar-refractivity contribution is 0.331. The van der Waals surface area contributed by atoms with Gasteiger partial charge in [-0.25, -0.2) is 0 Å². The highest BCUT2D eigenvalue weighted by atomic mass is 14.5. The maximum Gasteiger partial charge on any atom is -0.00514 e. The Morgan fingerprint density at radius 1 is 0.600 bits per heavy atom. The van der Waals surface area contributed by atoms with Gasteiger partial charge in [-0.2, -0.15) is 0 Å². The van der Waals surface area contributed by atoms with Crippen LogP contribution in [0.1, 0.15) is 130 Å². The van der Waals surface area contributed by atoms with Crippen molar-refractivity contribution in [1.82, 2.24) is 0 Å². The third-order valence-corrected chi connectivity index (χ3v) is 5.75. The van der Waals surface area contributed by atoms with Gasteiger partial charge in [0.1, 0.15) is 0 Å². The predicted molar refractivity (Wildman–Crippen MR) is 116 cm³/mol. The van der Waals surface area contributed by atoms with E-state index in [0.717, 1.165) is 18.4 Å². The molecule has 2 unspecified atom stereocenters. The van der Waals surface area contributed by atoms with Gasteiger partial charge in [0.25, 0.3) is 0 Å². The molecule has 0 saturated heterocycles. The highest BCUT2D eigenvalue weighted by Gasteiger charge is 2.12. The molecule has 0 aliphatic carbocycles. The Hall–Kier alpha value is -0.0400. The molecule has 0 aromatic carbocycles. The second-order valence-electron chi connectivity index (χ2n) is 9.09. The maximum atomic E-state index is 5.86. The molecule has 0 amide bonds. The minimum Gasteiger partial charge on any atom is -0.330 e. The molecule has 2 atom stereocenters. The van der Waals surface area contributed by atoms with Gasteiger partial charge in [0.05, 0.1) is 0 Å². The van der Waals surface area contributed by atoms with E-state index < -0.39 is 0 Å². The predicted octanol–water partition coefficient (Wildman–Crippen LogP) is 8.11. The van der Waals surface area contributed by atoms with Gasteiger partial charge in [0.2, 0.25) is 0 Å². The quantitative estimate of drug-likeness (QED) is 0.233. The van der Waals surface area contributed by atoms with Gasteiger partial charge in [-0.3, -0.25) is 0 Å². The fourth-order valence-electron chi connectivity index (χ4n) is 3.95. The zero-order valence-corrected chi connectivity index (χ0v) is 18.3. The van der Waals surface area contributed by atoms with Gasteiger partial charge in [-0.15, -0.1) is 0 Å². The first kappa shape index (κ1) is 25.0. The first-order valence-corrected chi connectivity index (χ1v) is 11.8. The fraction of sp³-hybridized carbons (Fsp3) is 1.00. The molecule has 0 aliphatic heterocycles. The van der Waals surface area contributed by atoms with Crippen molar-refractivity contribution in [2.45, 2.75) is 130 Å². The monoisotopic (exact) mass is 353 g/mol. The largest absolute Gasteiger partial charge is 0.330 e. The molecule has 0 aromatic rings. The van der Waals surface area contributed by atoms with E-state index in [9.17, 15) is 0 Å². The number of nitrogens with two attached hydrogens (primary N) is 1. The van der Waals surface area contributed by atoms with Crippen molar-refractivity contribution >= 4 is 0 Å². The minimum atomic E-state index is 0.710. The molecule has 0 heterocycles. The standard InChI is InChI=1S/C24H51N/c1-5-6-7-15-18-24(20-23(4)21-25)19-16-13-11-9-8-10-12-14-17-22(2)3/h22-24H,5-21,25H2,1-4H3. The van der Waals surface area contributed by atoms with Crippen LogP contribution in [0.5, 0.6) is 0 Å². The molecule has 1 nitrogen and oxygen atoms in total. The third kappa shape index (κ3) is 18.5. The van der Waals surface area contributed by atoms with Crippen LogP contribution in [-0.4, -0.2) is 6.54 Å². The smallest absolute Gasteiger partial charge is 0.00514 e. The van der Waals surface area contributed by atoms with Crippen LogP contribution in [0.25, 0.3) is 0 Å². The second-order valence-corrected chi connectivity index (χ2v) is 9.09. The molecule has 0 rings (SSSR count). The molecule has 0 aromatic heterocycles. The lowest BCUT2D eigenvalue weighted by atomic mass is 9.87. The van der Waals surface area contributed by atoms with E-state index in [0.29, 0.717) is 5.92 Å². The summed E-state index contributed by atoms with van der Waals surface area (Å²) < 4.78 is 0. The number of hydrogen-bond donors (Lipinski definition) is 1. The van der Waals surface area contributed by atoms with E-state index in [1.807, 2.05) is 0 Å². The molecular weight excluding hydrogens is 302 g/mol. The molecule has 0 fully saturated rings. The van der Waals surface area contributed by atoms with E-state index >= 15 is 0 Å². The highest BCUT2D eigenvalue weighted by molar-refractivity contribution is 4.65. The highest BCUT2D eigenvalue weighted by Crippen LogP contribution is 2.25. The summed E-state index contributed by atoms with van der Waals surface area (Å²) in [7, 11) is 0. The van der Waals surface area contributed by atoms with E-state index in [4.69, 9.17) is 5.73 Å². The van der Waals surface area contributed by atoms with Crippen LogP contribution in [0.15, 0.2) is 0 Å². The number of hydrogen-bond acceptors (Lipinski definition) is 1. The van der Waals surface area contributed by atoms with Crippen LogP contribution in [0.4, 0.5) is 0 Å². The van der Waals surface area contributed by atoms with Crippen molar-refractivity contribution < 1.29 is 0 Å². The molecule has 152 valence electrons. The topological polar surface area (TPSA) is 26.0 Å². The van der Waals surface area contributed by atoms with Crippen LogP contribution in [0.3, 0.4) is 0 Å². The summed E-state index contributed by atoms with van der Waals surface area (Å²) in [5, 5.41) is 0. The molecule has 0 saturated carbocycles. The summed E-state index contributed by atoms with van der Waals surface area (Å²) >= 11 is 0. The van der Waals surface area contributed by atoms with Crippen LogP contribution in [0.2, 0.25) is 0 Å². The maximum absolute atomic E-state index is 5.86. The minimum absolute atomic E-state index is 0.710. The molecule has 0 bridgehead atoms. The summed E-state index contributed by atoms with van der Waals surface area (Å²) in [6.07, 6.45) is 22.9. The zero-order valence-electron chi connectivity index (χ0n) is 18.3. The first-order chi connectivity index (χ1) is 12.1. The fourth-order valence-corrected chi connectivity index (χ4v) is 3.95. The Bertz CT molecular complexity index is 248. The van der Waals surface area contributed by atoms with Gasteiger partial charge >= 0.3 is 0 Å². The number of unbranched alkanes of at least 4 members (excludes halogenated alkanes) is 10. The van der Waals surface area contributed by atoms with Gasteiger partial charge in [0.15, 0.2) is 0 Å². The normalized spacial score (nSPS) is 14.2. The Morgan fingerprint density at radius 3 is 1.48 bits per heavy atom. The lowest BCUT2D eigenvalue weighted by Crippen LogP contribution is -2.15. The van der Waals surface area contributed by atoms with Gasteiger partial charge in [0, 0.05) is 0 Å². The third-order valence-electron chi connectivity index (χ3n) is 5.75. The molecule has 25 heavy (non-hydrogen) atoms. The lowest BCUT2D eigenvalue weighted by Gasteiger charge is -2.20. The summed E-state index contributed by atoms with van der Waals surface area (Å²) in [6, 6.07) is 0. The summed E-state index contributed by atoms with van der Waals surface area (Å²) in [5.74, 6) is 2.53. The van der Waals surface area contributed by atoms with Gasteiger partial charge in [-0.05, 0) is 30.7 Å². The molecule has 0 aliphatic rings. The van der Waals surface area contributed by atoms with Crippen molar-refractivity contribution in [3.05, 3.63) is 0 Å². The van der Waals surface area contributed by atoms with Crippen molar-refractivity contribution in [2.75, 3.05) is 6.54 Å². The SMILES string of the molecule is CCCCCCC(CCCCCCCCCCC(C)C)CC(C)CN. The Kier molecular flexibility index (Phi) is 18.7. The van der Waals surface area contributed by atoms with Crippen molar-refractivity contribution in [1.29, 1.82) is 0 Å². The zero-order chi connectivity index (χ0) is 18.8. The van der Waals surface area contributed by atoms with E-state index in [2.05, 4.69) is 27.7 Å². The van der Waals surface area contributed by atoms with Crippen molar-refractivity contribution in [3.8, 4) is 0 Å². The van der Waals surface area contributed by atoms with E-state index in [1.165, 1.54) is 103 Å². The summed E-state index contributed by atoms with van der Waals surface area (Å²) in [5.41, 5.74) is 5.86. The van der Waals surface area contributed by atoms with Crippen LogP contribution < -0.4 is 5.73 Å². The molecular formula is C24H51N. The van der Waals surface area contributed by atoms with E-state index in [-0.39, 0.29) is 0 Å².